The molecule has 2 rings (SSSR count). The quantitative estimate of drug-likeness (QED) is 0.803. The first-order valence-corrected chi connectivity index (χ1v) is 6.67. The van der Waals surface area contributed by atoms with Gasteiger partial charge in [-0.15, -0.1) is 0 Å². The third-order valence-electron chi connectivity index (χ3n) is 2.55. The molecule has 1 heterocycles. The molecule has 0 bridgehead atoms. The number of halogens is 1. The van der Waals surface area contributed by atoms with Gasteiger partial charge < -0.3 is 9.47 Å². The minimum Gasteiger partial charge on any atom is -0.463 e. The van der Waals surface area contributed by atoms with Gasteiger partial charge in [0.2, 0.25) is 11.7 Å². The fraction of sp³-hybridized carbons (Fsp3) is 0.214. The number of esters is 1. The van der Waals surface area contributed by atoms with Crippen LogP contribution in [0, 0.1) is 13.8 Å². The van der Waals surface area contributed by atoms with E-state index in [2.05, 4.69) is 30.6 Å². The van der Waals surface area contributed by atoms with Crippen LogP contribution in [0.15, 0.2) is 28.7 Å². The predicted octanol–water partition coefficient (Wildman–Crippen LogP) is 3.43. The Morgan fingerprint density at radius 3 is 2.60 bits per heavy atom. The number of hydrogen-bond donors (Lipinski definition) is 0. The first kappa shape index (κ1) is 14.5. The molecule has 0 N–H and O–H groups in total. The monoisotopic (exact) mass is 336 g/mol. The average molecular weight is 337 g/mol. The molecule has 0 unspecified atom stereocenters. The fourth-order valence-electron chi connectivity index (χ4n) is 1.61. The van der Waals surface area contributed by atoms with Crippen molar-refractivity contribution in [2.75, 3.05) is 7.11 Å². The summed E-state index contributed by atoms with van der Waals surface area (Å²) in [5, 5.41) is 0. The predicted molar refractivity (Wildman–Crippen MR) is 77.1 cm³/mol. The van der Waals surface area contributed by atoms with E-state index in [1.54, 1.807) is 13.0 Å². The van der Waals surface area contributed by atoms with Crippen molar-refractivity contribution in [3.05, 3.63) is 45.8 Å². The van der Waals surface area contributed by atoms with Crippen LogP contribution >= 0.6 is 15.9 Å². The molecule has 6 heteroatoms. The first-order chi connectivity index (χ1) is 9.49. The molecule has 104 valence electrons. The van der Waals surface area contributed by atoms with Crippen LogP contribution in [-0.4, -0.2) is 23.0 Å². The van der Waals surface area contributed by atoms with Crippen molar-refractivity contribution in [1.82, 2.24) is 9.97 Å². The zero-order valence-electron chi connectivity index (χ0n) is 11.3. The standard InChI is InChI=1S/C14H13BrN2O3/c1-8-6-10(15)4-5-11(8)20-12-7-9(2)16-13(17-12)14(18)19-3/h4-7H,1-3H3. The van der Waals surface area contributed by atoms with Crippen LogP contribution in [-0.2, 0) is 4.74 Å². The van der Waals surface area contributed by atoms with Crippen LogP contribution in [0.5, 0.6) is 11.6 Å². The Morgan fingerprint density at radius 2 is 1.95 bits per heavy atom. The summed E-state index contributed by atoms with van der Waals surface area (Å²) in [6, 6.07) is 7.30. The maximum atomic E-state index is 11.5. The summed E-state index contributed by atoms with van der Waals surface area (Å²) in [5.74, 6) is 0.369. The Labute approximate surface area is 125 Å². The first-order valence-electron chi connectivity index (χ1n) is 5.87. The molecule has 1 aromatic heterocycles. The molecule has 0 saturated heterocycles. The highest BCUT2D eigenvalue weighted by atomic mass is 79.9. The van der Waals surface area contributed by atoms with E-state index in [9.17, 15) is 4.79 Å². The highest BCUT2D eigenvalue weighted by molar-refractivity contribution is 9.10. The lowest BCUT2D eigenvalue weighted by atomic mass is 10.2. The summed E-state index contributed by atoms with van der Waals surface area (Å²) < 4.78 is 11.3. The van der Waals surface area contributed by atoms with Crippen molar-refractivity contribution in [3.8, 4) is 11.6 Å². The van der Waals surface area contributed by atoms with E-state index >= 15 is 0 Å². The van der Waals surface area contributed by atoms with E-state index in [1.165, 1.54) is 7.11 Å². The van der Waals surface area contributed by atoms with E-state index in [0.29, 0.717) is 17.3 Å². The molecule has 5 nitrogen and oxygen atoms in total. The van der Waals surface area contributed by atoms with Gasteiger partial charge >= 0.3 is 5.97 Å². The molecule has 0 radical (unpaired) electrons. The Hall–Kier alpha value is -1.95. The molecular weight excluding hydrogens is 324 g/mol. The lowest BCUT2D eigenvalue weighted by Crippen LogP contribution is -2.09. The molecule has 1 aromatic carbocycles. The molecule has 0 aliphatic carbocycles. The van der Waals surface area contributed by atoms with Crippen LogP contribution in [0.4, 0.5) is 0 Å². The molecule has 0 aliphatic heterocycles. The van der Waals surface area contributed by atoms with Crippen LogP contribution < -0.4 is 4.74 Å². The second-order valence-corrected chi connectivity index (χ2v) is 5.09. The maximum Gasteiger partial charge on any atom is 0.376 e. The molecule has 0 amide bonds. The minimum atomic E-state index is -0.592. The zero-order valence-corrected chi connectivity index (χ0v) is 12.9. The van der Waals surface area contributed by atoms with Gasteiger partial charge in [0, 0.05) is 16.2 Å². The van der Waals surface area contributed by atoms with Gasteiger partial charge in [-0.3, -0.25) is 0 Å². The van der Waals surface area contributed by atoms with Crippen molar-refractivity contribution in [2.24, 2.45) is 0 Å². The molecule has 0 fully saturated rings. The molecule has 0 atom stereocenters. The number of benzene rings is 1. The molecular formula is C14H13BrN2O3. The minimum absolute atomic E-state index is 0.0164. The summed E-state index contributed by atoms with van der Waals surface area (Å²) >= 11 is 3.39. The van der Waals surface area contributed by atoms with Gasteiger partial charge in [0.05, 0.1) is 7.11 Å². The number of aromatic nitrogens is 2. The van der Waals surface area contributed by atoms with Crippen molar-refractivity contribution < 1.29 is 14.3 Å². The average Bonchev–Trinajstić information content (AvgIpc) is 2.40. The molecule has 0 aliphatic rings. The Bertz CT molecular complexity index is 659. The van der Waals surface area contributed by atoms with E-state index in [4.69, 9.17) is 4.74 Å². The van der Waals surface area contributed by atoms with Crippen molar-refractivity contribution >= 4 is 21.9 Å². The van der Waals surface area contributed by atoms with E-state index in [1.807, 2.05) is 25.1 Å². The van der Waals surface area contributed by atoms with Crippen molar-refractivity contribution in [3.63, 3.8) is 0 Å². The van der Waals surface area contributed by atoms with E-state index in [0.717, 1.165) is 10.0 Å². The lowest BCUT2D eigenvalue weighted by molar-refractivity contribution is 0.0585. The van der Waals surface area contributed by atoms with Gasteiger partial charge in [0.1, 0.15) is 5.75 Å². The third-order valence-corrected chi connectivity index (χ3v) is 3.04. The maximum absolute atomic E-state index is 11.5. The number of aryl methyl sites for hydroxylation is 2. The third kappa shape index (κ3) is 3.33. The molecule has 0 spiro atoms. The van der Waals surface area contributed by atoms with Crippen LogP contribution in [0.25, 0.3) is 0 Å². The van der Waals surface area contributed by atoms with E-state index < -0.39 is 5.97 Å². The number of carbonyl (C=O) groups is 1. The molecule has 0 saturated carbocycles. The number of rotatable bonds is 3. The number of hydrogen-bond acceptors (Lipinski definition) is 5. The summed E-state index contributed by atoms with van der Waals surface area (Å²) in [6.07, 6.45) is 0. The summed E-state index contributed by atoms with van der Waals surface area (Å²) in [5.41, 5.74) is 1.58. The number of nitrogens with zero attached hydrogens (tertiary/aromatic N) is 2. The van der Waals surface area contributed by atoms with Crippen LogP contribution in [0.1, 0.15) is 21.9 Å². The van der Waals surface area contributed by atoms with Gasteiger partial charge in [-0.25, -0.2) is 9.78 Å². The molecule has 20 heavy (non-hydrogen) atoms. The summed E-state index contributed by atoms with van der Waals surface area (Å²) in [6.45, 7) is 3.69. The van der Waals surface area contributed by atoms with Gasteiger partial charge in [0.25, 0.3) is 0 Å². The van der Waals surface area contributed by atoms with Crippen molar-refractivity contribution in [1.29, 1.82) is 0 Å². The van der Waals surface area contributed by atoms with Gasteiger partial charge in [0.15, 0.2) is 0 Å². The fourth-order valence-corrected chi connectivity index (χ4v) is 2.09. The zero-order chi connectivity index (χ0) is 14.7. The SMILES string of the molecule is COC(=O)c1nc(C)cc(Oc2ccc(Br)cc2C)n1. The second kappa shape index (κ2) is 6.00. The highest BCUT2D eigenvalue weighted by Gasteiger charge is 2.13. The Kier molecular flexibility index (Phi) is 4.34. The summed E-state index contributed by atoms with van der Waals surface area (Å²) in [4.78, 5) is 19.5. The molecule has 2 aromatic rings. The Morgan fingerprint density at radius 1 is 1.20 bits per heavy atom. The van der Waals surface area contributed by atoms with Crippen molar-refractivity contribution in [2.45, 2.75) is 13.8 Å². The smallest absolute Gasteiger partial charge is 0.376 e. The van der Waals surface area contributed by atoms with Gasteiger partial charge in [-0.2, -0.15) is 4.98 Å². The lowest BCUT2D eigenvalue weighted by Gasteiger charge is -2.09. The highest BCUT2D eigenvalue weighted by Crippen LogP contribution is 2.26. The Balaban J connectivity index is 2.33. The van der Waals surface area contributed by atoms with Crippen LogP contribution in [0.3, 0.4) is 0 Å². The number of carbonyl (C=O) groups excluding carboxylic acids is 1. The topological polar surface area (TPSA) is 61.3 Å². The van der Waals surface area contributed by atoms with E-state index in [-0.39, 0.29) is 5.82 Å². The largest absolute Gasteiger partial charge is 0.463 e. The second-order valence-electron chi connectivity index (χ2n) is 4.17. The van der Waals surface area contributed by atoms with Gasteiger partial charge in [-0.05, 0) is 37.6 Å². The number of methoxy groups -OCH3 is 1. The van der Waals surface area contributed by atoms with Crippen LogP contribution in [0.2, 0.25) is 0 Å². The summed E-state index contributed by atoms with van der Waals surface area (Å²) in [7, 11) is 1.29. The normalized spacial score (nSPS) is 10.2. The van der Waals surface area contributed by atoms with Gasteiger partial charge in [-0.1, -0.05) is 15.9 Å². The number of ether oxygens (including phenoxy) is 2.